The number of hydrogen-bond donors (Lipinski definition) is 0. The minimum Gasteiger partial charge on any atom is -0.313 e. The summed E-state index contributed by atoms with van der Waals surface area (Å²) in [5.41, 5.74) is 4.90. The first kappa shape index (κ1) is 19.4. The molecule has 3 aromatic rings. The standard InChI is InChI=1S/C24H30N2O/c1-4-15-25(5-2)16-8-9-20-11-13-21(14-12-20)24(27)23-19(3)18-22-10-6-7-17-26(22)23/h6-7,10-14,17-18H,4-5,8-9,15-16H2,1-3H3. The van der Waals surface area contributed by atoms with Crippen molar-refractivity contribution in [3.63, 3.8) is 0 Å². The molecular formula is C24H30N2O. The van der Waals surface area contributed by atoms with E-state index in [2.05, 4.69) is 36.9 Å². The Bertz CT molecular complexity index is 892. The van der Waals surface area contributed by atoms with E-state index in [1.54, 1.807) is 0 Å². The molecule has 0 aliphatic carbocycles. The van der Waals surface area contributed by atoms with Gasteiger partial charge in [0.25, 0.3) is 0 Å². The largest absolute Gasteiger partial charge is 0.313 e. The van der Waals surface area contributed by atoms with E-state index in [0.717, 1.165) is 48.3 Å². The molecular weight excluding hydrogens is 332 g/mol. The first-order valence-electron chi connectivity index (χ1n) is 10.1. The Labute approximate surface area is 162 Å². The highest BCUT2D eigenvalue weighted by atomic mass is 16.1. The average Bonchev–Trinajstić information content (AvgIpc) is 3.03. The number of fused-ring (bicyclic) bond motifs is 1. The van der Waals surface area contributed by atoms with Crippen LogP contribution in [0.5, 0.6) is 0 Å². The molecule has 2 aromatic heterocycles. The molecule has 0 fully saturated rings. The number of nitrogens with zero attached hydrogens (tertiary/aromatic N) is 2. The van der Waals surface area contributed by atoms with E-state index in [4.69, 9.17) is 0 Å². The Kier molecular flexibility index (Phi) is 6.46. The predicted octanol–water partition coefficient (Wildman–Crippen LogP) is 5.14. The van der Waals surface area contributed by atoms with E-state index in [1.807, 2.05) is 47.9 Å². The fraction of sp³-hybridized carbons (Fsp3) is 0.375. The van der Waals surface area contributed by atoms with Crippen LogP contribution in [0.4, 0.5) is 0 Å². The molecule has 3 rings (SSSR count). The van der Waals surface area contributed by atoms with Crippen LogP contribution in [-0.4, -0.2) is 34.7 Å². The monoisotopic (exact) mass is 362 g/mol. The summed E-state index contributed by atoms with van der Waals surface area (Å²) in [4.78, 5) is 15.5. The number of hydrogen-bond acceptors (Lipinski definition) is 2. The van der Waals surface area contributed by atoms with Crippen molar-refractivity contribution in [2.45, 2.75) is 40.0 Å². The molecule has 0 bridgehead atoms. The molecule has 0 N–H and O–H groups in total. The number of benzene rings is 1. The summed E-state index contributed by atoms with van der Waals surface area (Å²) in [6.07, 6.45) is 5.38. The highest BCUT2D eigenvalue weighted by molar-refractivity contribution is 6.09. The summed E-state index contributed by atoms with van der Waals surface area (Å²) in [5, 5.41) is 0. The van der Waals surface area contributed by atoms with Gasteiger partial charge in [-0.1, -0.05) is 44.2 Å². The average molecular weight is 363 g/mol. The zero-order valence-electron chi connectivity index (χ0n) is 16.7. The summed E-state index contributed by atoms with van der Waals surface area (Å²) in [6.45, 7) is 9.89. The van der Waals surface area contributed by atoms with E-state index in [-0.39, 0.29) is 5.78 Å². The number of aryl methyl sites for hydroxylation is 2. The topological polar surface area (TPSA) is 24.7 Å². The maximum absolute atomic E-state index is 13.0. The lowest BCUT2D eigenvalue weighted by Gasteiger charge is -2.19. The summed E-state index contributed by atoms with van der Waals surface area (Å²) in [6, 6.07) is 16.2. The van der Waals surface area contributed by atoms with Crippen molar-refractivity contribution in [3.05, 3.63) is 77.1 Å². The smallest absolute Gasteiger partial charge is 0.210 e. The van der Waals surface area contributed by atoms with Gasteiger partial charge in [0.1, 0.15) is 0 Å². The Morgan fingerprint density at radius 2 is 1.81 bits per heavy atom. The van der Waals surface area contributed by atoms with E-state index >= 15 is 0 Å². The molecule has 142 valence electrons. The lowest BCUT2D eigenvalue weighted by atomic mass is 10.0. The summed E-state index contributed by atoms with van der Waals surface area (Å²) >= 11 is 0. The SMILES string of the molecule is CCCN(CC)CCCc1ccc(C(=O)c2c(C)cc3ccccn23)cc1. The van der Waals surface area contributed by atoms with Crippen LogP contribution in [0.25, 0.3) is 5.52 Å². The van der Waals surface area contributed by atoms with Gasteiger partial charge in [-0.2, -0.15) is 0 Å². The molecule has 0 saturated carbocycles. The quantitative estimate of drug-likeness (QED) is 0.492. The predicted molar refractivity (Wildman–Crippen MR) is 113 cm³/mol. The Morgan fingerprint density at radius 1 is 1.04 bits per heavy atom. The number of carbonyl (C=O) groups excluding carboxylic acids is 1. The minimum atomic E-state index is 0.0883. The van der Waals surface area contributed by atoms with Crippen molar-refractivity contribution in [3.8, 4) is 0 Å². The van der Waals surface area contributed by atoms with Gasteiger partial charge in [0.2, 0.25) is 5.78 Å². The van der Waals surface area contributed by atoms with Crippen molar-refractivity contribution < 1.29 is 4.79 Å². The summed E-state index contributed by atoms with van der Waals surface area (Å²) < 4.78 is 1.98. The maximum Gasteiger partial charge on any atom is 0.210 e. The van der Waals surface area contributed by atoms with Crippen LogP contribution < -0.4 is 0 Å². The molecule has 27 heavy (non-hydrogen) atoms. The minimum absolute atomic E-state index is 0.0883. The fourth-order valence-electron chi connectivity index (χ4n) is 3.76. The molecule has 0 aliphatic rings. The van der Waals surface area contributed by atoms with Gasteiger partial charge >= 0.3 is 0 Å². The third kappa shape index (κ3) is 4.48. The van der Waals surface area contributed by atoms with Crippen molar-refractivity contribution in [2.75, 3.05) is 19.6 Å². The van der Waals surface area contributed by atoms with Crippen LogP contribution in [0.3, 0.4) is 0 Å². The zero-order chi connectivity index (χ0) is 19.2. The van der Waals surface area contributed by atoms with Gasteiger partial charge in [-0.15, -0.1) is 0 Å². The van der Waals surface area contributed by atoms with Crippen molar-refractivity contribution in [1.29, 1.82) is 0 Å². The van der Waals surface area contributed by atoms with Crippen molar-refractivity contribution in [2.24, 2.45) is 0 Å². The number of ketones is 1. The Balaban J connectivity index is 1.68. The van der Waals surface area contributed by atoms with Crippen LogP contribution in [0.1, 0.15) is 53.9 Å². The molecule has 0 aliphatic heterocycles. The first-order valence-corrected chi connectivity index (χ1v) is 10.1. The fourth-order valence-corrected chi connectivity index (χ4v) is 3.76. The van der Waals surface area contributed by atoms with Gasteiger partial charge in [0.05, 0.1) is 5.69 Å². The number of carbonyl (C=O) groups is 1. The van der Waals surface area contributed by atoms with Crippen LogP contribution in [0, 0.1) is 6.92 Å². The molecule has 0 radical (unpaired) electrons. The summed E-state index contributed by atoms with van der Waals surface area (Å²) in [7, 11) is 0. The highest BCUT2D eigenvalue weighted by Crippen LogP contribution is 2.20. The molecule has 3 heteroatoms. The Hall–Kier alpha value is -2.39. The zero-order valence-corrected chi connectivity index (χ0v) is 16.7. The number of pyridine rings is 1. The second-order valence-electron chi connectivity index (χ2n) is 7.24. The lowest BCUT2D eigenvalue weighted by Crippen LogP contribution is -2.25. The van der Waals surface area contributed by atoms with E-state index in [0.29, 0.717) is 0 Å². The van der Waals surface area contributed by atoms with Crippen LogP contribution in [-0.2, 0) is 6.42 Å². The van der Waals surface area contributed by atoms with Crippen LogP contribution in [0.2, 0.25) is 0 Å². The third-order valence-electron chi connectivity index (χ3n) is 5.23. The van der Waals surface area contributed by atoms with Gasteiger partial charge in [0, 0.05) is 17.3 Å². The van der Waals surface area contributed by atoms with Crippen molar-refractivity contribution in [1.82, 2.24) is 9.30 Å². The second kappa shape index (κ2) is 9.01. The maximum atomic E-state index is 13.0. The molecule has 2 heterocycles. The number of aromatic nitrogens is 1. The van der Waals surface area contributed by atoms with Gasteiger partial charge in [-0.25, -0.2) is 0 Å². The molecule has 1 aromatic carbocycles. The molecule has 0 amide bonds. The van der Waals surface area contributed by atoms with Gasteiger partial charge < -0.3 is 9.30 Å². The molecule has 3 nitrogen and oxygen atoms in total. The van der Waals surface area contributed by atoms with Crippen LogP contribution >= 0.6 is 0 Å². The van der Waals surface area contributed by atoms with Crippen LogP contribution in [0.15, 0.2) is 54.7 Å². The molecule has 0 spiro atoms. The Morgan fingerprint density at radius 3 is 2.52 bits per heavy atom. The van der Waals surface area contributed by atoms with Crippen molar-refractivity contribution >= 4 is 11.3 Å². The lowest BCUT2D eigenvalue weighted by molar-refractivity contribution is 0.103. The number of rotatable bonds is 9. The second-order valence-corrected chi connectivity index (χ2v) is 7.24. The summed E-state index contributed by atoms with van der Waals surface area (Å²) in [5.74, 6) is 0.0883. The molecule has 0 saturated heterocycles. The van der Waals surface area contributed by atoms with Gasteiger partial charge in [-0.3, -0.25) is 4.79 Å². The van der Waals surface area contributed by atoms with E-state index < -0.39 is 0 Å². The van der Waals surface area contributed by atoms with E-state index in [1.165, 1.54) is 18.5 Å². The normalized spacial score (nSPS) is 11.4. The van der Waals surface area contributed by atoms with Gasteiger partial charge in [-0.05, 0) is 75.1 Å². The molecule has 0 unspecified atom stereocenters. The first-order chi connectivity index (χ1) is 13.1. The highest BCUT2D eigenvalue weighted by Gasteiger charge is 2.16. The van der Waals surface area contributed by atoms with Gasteiger partial charge in [0.15, 0.2) is 0 Å². The third-order valence-corrected chi connectivity index (χ3v) is 5.23. The molecule has 0 atom stereocenters. The van der Waals surface area contributed by atoms with E-state index in [9.17, 15) is 4.79 Å².